The molecule has 2 atom stereocenters. The molecule has 0 radical (unpaired) electrons. The van der Waals surface area contributed by atoms with E-state index in [1.165, 1.54) is 0 Å². The molecule has 1 fully saturated rings. The van der Waals surface area contributed by atoms with Gasteiger partial charge >= 0.3 is 12.1 Å². The molecule has 0 unspecified atom stereocenters. The monoisotopic (exact) mass is 567 g/mol. The summed E-state index contributed by atoms with van der Waals surface area (Å²) in [5.41, 5.74) is -1.64. The third-order valence-electron chi connectivity index (χ3n) is 5.96. The molecule has 1 aromatic heterocycles. The lowest BCUT2D eigenvalue weighted by Crippen LogP contribution is -2.45. The Hall–Kier alpha value is -2.73. The molecule has 0 aliphatic carbocycles. The van der Waals surface area contributed by atoms with Crippen molar-refractivity contribution >= 4 is 18.0 Å². The molecule has 0 saturated carbocycles. The van der Waals surface area contributed by atoms with Crippen molar-refractivity contribution in [3.8, 4) is 0 Å². The largest absolute Gasteiger partial charge is 0.460 e. The average Bonchev–Trinajstić information content (AvgIpc) is 3.25. The molecular formula is C28H49N5O7. The Morgan fingerprint density at radius 1 is 0.925 bits per heavy atom. The maximum Gasteiger partial charge on any atom is 0.410 e. The molecule has 0 aromatic carbocycles. The zero-order chi connectivity index (χ0) is 30.5. The van der Waals surface area contributed by atoms with Gasteiger partial charge in [-0.05, 0) is 89.3 Å². The third-order valence-corrected chi connectivity index (χ3v) is 5.96. The highest BCUT2D eigenvalue weighted by Gasteiger charge is 2.34. The number of piperidine rings is 1. The van der Waals surface area contributed by atoms with E-state index in [9.17, 15) is 14.4 Å². The number of likely N-dealkylation sites (N-methyl/N-ethyl adjacent to an activating group) is 1. The first-order valence-electron chi connectivity index (χ1n) is 13.9. The zero-order valence-electron chi connectivity index (χ0n) is 26.1. The van der Waals surface area contributed by atoms with Crippen LogP contribution in [0.4, 0.5) is 4.79 Å². The van der Waals surface area contributed by atoms with Crippen LogP contribution in [0.1, 0.15) is 105 Å². The molecule has 2 heterocycles. The van der Waals surface area contributed by atoms with Gasteiger partial charge in [-0.2, -0.15) is 0 Å². The van der Waals surface area contributed by atoms with Gasteiger partial charge in [-0.1, -0.05) is 0 Å². The molecule has 0 bridgehead atoms. The van der Waals surface area contributed by atoms with E-state index >= 15 is 0 Å². The van der Waals surface area contributed by atoms with Crippen molar-refractivity contribution in [2.75, 3.05) is 33.8 Å². The van der Waals surface area contributed by atoms with E-state index in [1.54, 1.807) is 25.7 Å². The second kappa shape index (κ2) is 13.3. The molecule has 228 valence electrons. The van der Waals surface area contributed by atoms with Crippen LogP contribution in [0.3, 0.4) is 0 Å². The van der Waals surface area contributed by atoms with Gasteiger partial charge in [-0.3, -0.25) is 14.5 Å². The van der Waals surface area contributed by atoms with E-state index < -0.39 is 29.3 Å². The normalized spacial score (nSPS) is 16.9. The molecule has 0 spiro atoms. The minimum absolute atomic E-state index is 0.114. The summed E-state index contributed by atoms with van der Waals surface area (Å²) in [6, 6.07) is -1.20. The Kier molecular flexibility index (Phi) is 11.1. The number of carbonyl (C=O) groups excluding carboxylic acids is 3. The zero-order valence-corrected chi connectivity index (χ0v) is 26.1. The highest BCUT2D eigenvalue weighted by Crippen LogP contribution is 2.26. The van der Waals surface area contributed by atoms with Crippen molar-refractivity contribution in [2.45, 2.75) is 110 Å². The van der Waals surface area contributed by atoms with Crippen molar-refractivity contribution < 1.29 is 33.0 Å². The van der Waals surface area contributed by atoms with Gasteiger partial charge in [0.2, 0.25) is 17.7 Å². The number of hydrogen-bond acceptors (Lipinski definition) is 10. The lowest BCUT2D eigenvalue weighted by atomic mass is 9.95. The van der Waals surface area contributed by atoms with Crippen LogP contribution in [0.2, 0.25) is 0 Å². The summed E-state index contributed by atoms with van der Waals surface area (Å²) in [5, 5.41) is 11.3. The summed E-state index contributed by atoms with van der Waals surface area (Å²) in [5.74, 6) is -0.673. The molecule has 1 aliphatic rings. The van der Waals surface area contributed by atoms with Gasteiger partial charge in [-0.15, -0.1) is 10.2 Å². The number of esters is 1. The first-order chi connectivity index (χ1) is 18.2. The number of carbonyl (C=O) groups is 3. The highest BCUT2D eigenvalue weighted by atomic mass is 16.6. The summed E-state index contributed by atoms with van der Waals surface area (Å²) < 4.78 is 22.9. The van der Waals surface area contributed by atoms with Gasteiger partial charge in [0.1, 0.15) is 23.3 Å². The van der Waals surface area contributed by atoms with Crippen LogP contribution >= 0.6 is 0 Å². The van der Waals surface area contributed by atoms with Gasteiger partial charge in [0.15, 0.2) is 0 Å². The second-order valence-electron chi connectivity index (χ2n) is 13.5. The Labute approximate surface area is 238 Å². The van der Waals surface area contributed by atoms with Gasteiger partial charge in [-0.25, -0.2) is 4.79 Å². The van der Waals surface area contributed by atoms with E-state index in [1.807, 2.05) is 60.5 Å². The van der Waals surface area contributed by atoms with E-state index in [4.69, 9.17) is 18.6 Å². The summed E-state index contributed by atoms with van der Waals surface area (Å²) in [6.45, 7) is 17.8. The summed E-state index contributed by atoms with van der Waals surface area (Å²) in [4.78, 5) is 42.0. The molecule has 1 saturated heterocycles. The number of likely N-dealkylation sites (tertiary alicyclic amines) is 1. The Morgan fingerprint density at radius 2 is 1.48 bits per heavy atom. The van der Waals surface area contributed by atoms with Gasteiger partial charge in [0.05, 0.1) is 18.6 Å². The molecule has 1 aliphatic heterocycles. The van der Waals surface area contributed by atoms with Gasteiger partial charge < -0.3 is 28.8 Å². The smallest absolute Gasteiger partial charge is 0.410 e. The molecule has 1 aromatic rings. The topological polar surface area (TPSA) is 136 Å². The molecule has 1 N–H and O–H groups in total. The molecule has 2 amide bonds. The SMILES string of the molecule is CN(C)[C@@H](COC(C)(C)C)c1nnc([C@H](CC(=O)OC(C)(C)C)NC(=O)C2CCN(C(=O)OC(C)(C)C)CC2)o1. The van der Waals surface area contributed by atoms with Gasteiger partial charge in [0, 0.05) is 19.0 Å². The predicted octanol–water partition coefficient (Wildman–Crippen LogP) is 4.02. The average molecular weight is 568 g/mol. The lowest BCUT2D eigenvalue weighted by molar-refractivity contribution is -0.155. The number of nitrogens with zero attached hydrogens (tertiary/aromatic N) is 4. The Morgan fingerprint density at radius 3 is 1.98 bits per heavy atom. The maximum absolute atomic E-state index is 13.3. The summed E-state index contributed by atoms with van der Waals surface area (Å²) in [6.07, 6.45) is 0.364. The molecule has 2 rings (SSSR count). The number of nitrogens with one attached hydrogen (secondary N) is 1. The molecule has 12 heteroatoms. The minimum atomic E-state index is -0.876. The standard InChI is InChI=1S/C28H49N5O7/c1-26(2,3)37-17-20(32(10)11)24-31-30-23(38-24)19(16-21(34)39-27(4,5)6)29-22(35)18-12-14-33(15-13-18)25(36)40-28(7,8)9/h18-20H,12-17H2,1-11H3,(H,29,35)/t19-,20-/m0/s1. The van der Waals surface area contributed by atoms with E-state index in [-0.39, 0.29) is 35.8 Å². The Balaban J connectivity index is 2.17. The molecular weight excluding hydrogens is 518 g/mol. The third kappa shape index (κ3) is 11.4. The van der Waals surface area contributed by atoms with Crippen LogP contribution in [0.5, 0.6) is 0 Å². The van der Waals surface area contributed by atoms with Crippen LogP contribution in [0.25, 0.3) is 0 Å². The van der Waals surface area contributed by atoms with Crippen LogP contribution < -0.4 is 5.32 Å². The van der Waals surface area contributed by atoms with Crippen LogP contribution in [0.15, 0.2) is 4.42 Å². The van der Waals surface area contributed by atoms with Crippen LogP contribution in [-0.2, 0) is 23.8 Å². The number of amides is 2. The van der Waals surface area contributed by atoms with Crippen molar-refractivity contribution in [3.63, 3.8) is 0 Å². The fraction of sp³-hybridized carbons (Fsp3) is 0.821. The lowest BCUT2D eigenvalue weighted by Gasteiger charge is -2.33. The summed E-state index contributed by atoms with van der Waals surface area (Å²) in [7, 11) is 3.76. The van der Waals surface area contributed by atoms with Crippen molar-refractivity contribution in [2.24, 2.45) is 5.92 Å². The second-order valence-corrected chi connectivity index (χ2v) is 13.5. The first kappa shape index (κ1) is 33.5. The molecule has 12 nitrogen and oxygen atoms in total. The van der Waals surface area contributed by atoms with E-state index in [0.717, 1.165) is 0 Å². The fourth-order valence-electron chi connectivity index (χ4n) is 3.98. The maximum atomic E-state index is 13.3. The number of hydrogen-bond donors (Lipinski definition) is 1. The van der Waals surface area contributed by atoms with Crippen molar-refractivity contribution in [1.82, 2.24) is 25.3 Å². The number of aromatic nitrogens is 2. The first-order valence-corrected chi connectivity index (χ1v) is 13.9. The number of ether oxygens (including phenoxy) is 3. The van der Waals surface area contributed by atoms with Crippen LogP contribution in [0, 0.1) is 5.92 Å². The predicted molar refractivity (Wildman–Crippen MR) is 148 cm³/mol. The summed E-state index contributed by atoms with van der Waals surface area (Å²) >= 11 is 0. The fourth-order valence-corrected chi connectivity index (χ4v) is 3.98. The van der Waals surface area contributed by atoms with E-state index in [2.05, 4.69) is 15.5 Å². The minimum Gasteiger partial charge on any atom is -0.460 e. The van der Waals surface area contributed by atoms with Crippen molar-refractivity contribution in [3.05, 3.63) is 11.8 Å². The number of rotatable bonds is 9. The Bertz CT molecular complexity index is 996. The van der Waals surface area contributed by atoms with Crippen LogP contribution in [-0.4, -0.2) is 88.6 Å². The van der Waals surface area contributed by atoms with E-state index in [0.29, 0.717) is 38.4 Å². The van der Waals surface area contributed by atoms with Gasteiger partial charge in [0.25, 0.3) is 0 Å². The highest BCUT2D eigenvalue weighted by molar-refractivity contribution is 5.80. The quantitative estimate of drug-likeness (QED) is 0.436. The molecule has 40 heavy (non-hydrogen) atoms. The van der Waals surface area contributed by atoms with Crippen molar-refractivity contribution in [1.29, 1.82) is 0 Å².